The molecule has 4 rings (SSSR count). The summed E-state index contributed by atoms with van der Waals surface area (Å²) in [6.07, 6.45) is 0. The molecule has 0 spiro atoms. The Hall–Kier alpha value is -3.16. The molecule has 0 saturated heterocycles. The van der Waals surface area contributed by atoms with Gasteiger partial charge in [-0.1, -0.05) is 29.8 Å². The third-order valence-corrected chi connectivity index (χ3v) is 5.56. The lowest BCUT2D eigenvalue weighted by atomic mass is 10.1. The molecule has 0 saturated carbocycles. The van der Waals surface area contributed by atoms with Crippen molar-refractivity contribution >= 4 is 34.7 Å². The molecule has 30 heavy (non-hydrogen) atoms. The number of halogens is 1. The fraction of sp³-hybridized carbons (Fsp3) is 0.136. The second-order valence-electron chi connectivity index (χ2n) is 6.62. The molecule has 2 aromatic heterocycles. The van der Waals surface area contributed by atoms with Gasteiger partial charge in [-0.2, -0.15) is 9.78 Å². The number of alkyl halides is 1. The van der Waals surface area contributed by atoms with Gasteiger partial charge in [0.2, 0.25) is 11.0 Å². The maximum atomic E-state index is 11.9. The highest BCUT2D eigenvalue weighted by Crippen LogP contribution is 2.30. The van der Waals surface area contributed by atoms with Crippen LogP contribution in [0.3, 0.4) is 0 Å². The van der Waals surface area contributed by atoms with E-state index in [1.165, 1.54) is 11.3 Å². The van der Waals surface area contributed by atoms with Gasteiger partial charge in [0.1, 0.15) is 17.4 Å². The summed E-state index contributed by atoms with van der Waals surface area (Å²) >= 11 is 7.13. The average molecular weight is 439 g/mol. The summed E-state index contributed by atoms with van der Waals surface area (Å²) in [4.78, 5) is 16.6. The molecule has 0 aliphatic carbocycles. The summed E-state index contributed by atoms with van der Waals surface area (Å²) in [5, 5.41) is 10.1. The van der Waals surface area contributed by atoms with Gasteiger partial charge >= 0.3 is 0 Å². The normalized spacial score (nSPS) is 10.8. The first kappa shape index (κ1) is 20.1. The van der Waals surface area contributed by atoms with Crippen LogP contribution in [0.2, 0.25) is 0 Å². The third-order valence-electron chi connectivity index (χ3n) is 4.50. The number of nitrogens with one attached hydrogen (secondary N) is 1. The molecule has 4 aromatic rings. The standard InChI is InChI=1S/C22H19ClN4O2S/c1-14-3-5-15(6-4-14)18-11-20(25-21(28)12-23)27(26-18)22-24-19(13-30-22)16-7-9-17(29-2)10-8-16/h3-11,13H,12H2,1-2H3,(H,25,28). The number of hydrogen-bond acceptors (Lipinski definition) is 5. The maximum Gasteiger partial charge on any atom is 0.240 e. The summed E-state index contributed by atoms with van der Waals surface area (Å²) in [5.74, 6) is 0.863. The van der Waals surface area contributed by atoms with Gasteiger partial charge < -0.3 is 10.1 Å². The lowest BCUT2D eigenvalue weighted by molar-refractivity contribution is -0.114. The quantitative estimate of drug-likeness (QED) is 0.422. The Kier molecular flexibility index (Phi) is 5.83. The summed E-state index contributed by atoms with van der Waals surface area (Å²) in [5.41, 5.74) is 4.64. The molecule has 0 atom stereocenters. The van der Waals surface area contributed by atoms with E-state index >= 15 is 0 Å². The first-order valence-electron chi connectivity index (χ1n) is 9.20. The van der Waals surface area contributed by atoms with E-state index in [1.54, 1.807) is 11.8 Å². The minimum atomic E-state index is -0.305. The van der Waals surface area contributed by atoms with Crippen molar-refractivity contribution < 1.29 is 9.53 Å². The van der Waals surface area contributed by atoms with Crippen LogP contribution in [-0.2, 0) is 4.79 Å². The number of rotatable bonds is 6. The summed E-state index contributed by atoms with van der Waals surface area (Å²) in [6, 6.07) is 17.6. The van der Waals surface area contributed by atoms with Crippen LogP contribution in [0, 0.1) is 6.92 Å². The van der Waals surface area contributed by atoms with Gasteiger partial charge in [0.15, 0.2) is 0 Å². The van der Waals surface area contributed by atoms with Crippen molar-refractivity contribution in [1.82, 2.24) is 14.8 Å². The summed E-state index contributed by atoms with van der Waals surface area (Å²) in [7, 11) is 1.63. The fourth-order valence-electron chi connectivity index (χ4n) is 2.91. The number of benzene rings is 2. The van der Waals surface area contributed by atoms with Crippen molar-refractivity contribution in [1.29, 1.82) is 0 Å². The number of carbonyl (C=O) groups is 1. The number of nitrogens with zero attached hydrogens (tertiary/aromatic N) is 3. The smallest absolute Gasteiger partial charge is 0.240 e. The molecule has 0 bridgehead atoms. The number of aromatic nitrogens is 3. The summed E-state index contributed by atoms with van der Waals surface area (Å²) in [6.45, 7) is 2.03. The van der Waals surface area contributed by atoms with Crippen molar-refractivity contribution in [3.8, 4) is 33.4 Å². The largest absolute Gasteiger partial charge is 0.497 e. The number of methoxy groups -OCH3 is 1. The van der Waals surface area contributed by atoms with Crippen molar-refractivity contribution in [2.75, 3.05) is 18.3 Å². The van der Waals surface area contributed by atoms with Gasteiger partial charge in [-0.25, -0.2) is 4.98 Å². The Morgan fingerprint density at radius 3 is 2.43 bits per heavy atom. The zero-order valence-corrected chi connectivity index (χ0v) is 18.0. The van der Waals surface area contributed by atoms with Gasteiger partial charge in [0, 0.05) is 22.6 Å². The van der Waals surface area contributed by atoms with E-state index < -0.39 is 0 Å². The highest BCUT2D eigenvalue weighted by Gasteiger charge is 2.16. The molecule has 0 radical (unpaired) electrons. The summed E-state index contributed by atoms with van der Waals surface area (Å²) < 4.78 is 6.85. The molecule has 152 valence electrons. The predicted octanol–water partition coefficient (Wildman–Crippen LogP) is 5.16. The van der Waals surface area contributed by atoms with Crippen LogP contribution < -0.4 is 10.1 Å². The number of anilines is 1. The first-order chi connectivity index (χ1) is 14.6. The van der Waals surface area contributed by atoms with Gasteiger partial charge in [-0.05, 0) is 31.2 Å². The minimum absolute atomic E-state index is 0.139. The fourth-order valence-corrected chi connectivity index (χ4v) is 3.78. The van der Waals surface area contributed by atoms with Crippen LogP contribution in [0.15, 0.2) is 60.0 Å². The molecule has 0 unspecified atom stereocenters. The highest BCUT2D eigenvalue weighted by molar-refractivity contribution is 7.12. The number of amides is 1. The minimum Gasteiger partial charge on any atom is -0.497 e. The molecule has 6 nitrogen and oxygen atoms in total. The number of thiazole rings is 1. The van der Waals surface area contributed by atoms with Crippen molar-refractivity contribution in [2.24, 2.45) is 0 Å². The van der Waals surface area contributed by atoms with E-state index in [4.69, 9.17) is 21.3 Å². The second-order valence-corrected chi connectivity index (χ2v) is 7.72. The molecular weight excluding hydrogens is 420 g/mol. The first-order valence-corrected chi connectivity index (χ1v) is 10.6. The Labute approximate surface area is 183 Å². The monoisotopic (exact) mass is 438 g/mol. The molecule has 2 heterocycles. The zero-order valence-electron chi connectivity index (χ0n) is 16.4. The molecular formula is C22H19ClN4O2S. The van der Waals surface area contributed by atoms with E-state index in [0.29, 0.717) is 10.9 Å². The number of carbonyl (C=O) groups excluding carboxylic acids is 1. The maximum absolute atomic E-state index is 11.9. The molecule has 0 aliphatic heterocycles. The van der Waals surface area contributed by atoms with E-state index in [1.807, 2.05) is 66.9 Å². The predicted molar refractivity (Wildman–Crippen MR) is 121 cm³/mol. The van der Waals surface area contributed by atoms with E-state index in [9.17, 15) is 4.79 Å². The number of aryl methyl sites for hydroxylation is 1. The van der Waals surface area contributed by atoms with Gasteiger partial charge in [-0.15, -0.1) is 22.9 Å². The molecule has 0 aliphatic rings. The molecule has 1 amide bonds. The highest BCUT2D eigenvalue weighted by atomic mass is 35.5. The van der Waals surface area contributed by atoms with Gasteiger partial charge in [-0.3, -0.25) is 4.79 Å². The second kappa shape index (κ2) is 8.69. The lowest BCUT2D eigenvalue weighted by Gasteiger charge is -2.04. The van der Waals surface area contributed by atoms with Crippen LogP contribution in [0.25, 0.3) is 27.6 Å². The van der Waals surface area contributed by atoms with Crippen molar-refractivity contribution in [2.45, 2.75) is 6.92 Å². The molecule has 8 heteroatoms. The van der Waals surface area contributed by atoms with E-state index in [2.05, 4.69) is 10.4 Å². The SMILES string of the molecule is COc1ccc(-c2csc(-n3nc(-c4ccc(C)cc4)cc3NC(=O)CCl)n2)cc1. The van der Waals surface area contributed by atoms with Crippen molar-refractivity contribution in [3.05, 3.63) is 65.5 Å². The Bertz CT molecular complexity index is 1170. The van der Waals surface area contributed by atoms with E-state index in [-0.39, 0.29) is 11.8 Å². The van der Waals surface area contributed by atoms with Crippen LogP contribution >= 0.6 is 22.9 Å². The Balaban J connectivity index is 1.72. The van der Waals surface area contributed by atoms with Gasteiger partial charge in [0.25, 0.3) is 0 Å². The molecule has 2 aromatic carbocycles. The average Bonchev–Trinajstić information content (AvgIpc) is 3.41. The van der Waals surface area contributed by atoms with Crippen LogP contribution in [0.5, 0.6) is 5.75 Å². The Morgan fingerprint density at radius 2 is 1.77 bits per heavy atom. The third kappa shape index (κ3) is 4.22. The lowest BCUT2D eigenvalue weighted by Crippen LogP contribution is -2.15. The van der Waals surface area contributed by atoms with E-state index in [0.717, 1.165) is 33.8 Å². The topological polar surface area (TPSA) is 69.0 Å². The van der Waals surface area contributed by atoms with Crippen LogP contribution in [0.4, 0.5) is 5.82 Å². The van der Waals surface area contributed by atoms with Crippen LogP contribution in [-0.4, -0.2) is 33.7 Å². The molecule has 1 N–H and O–H groups in total. The molecule has 0 fully saturated rings. The number of hydrogen-bond donors (Lipinski definition) is 1. The van der Waals surface area contributed by atoms with Gasteiger partial charge in [0.05, 0.1) is 18.5 Å². The number of ether oxygens (including phenoxy) is 1. The zero-order chi connectivity index (χ0) is 21.1. The Morgan fingerprint density at radius 1 is 1.10 bits per heavy atom. The van der Waals surface area contributed by atoms with Crippen LogP contribution in [0.1, 0.15) is 5.56 Å². The van der Waals surface area contributed by atoms with Crippen molar-refractivity contribution in [3.63, 3.8) is 0 Å².